The van der Waals surface area contributed by atoms with Gasteiger partial charge in [0, 0.05) is 93.0 Å². The topological polar surface area (TPSA) is 75.6 Å². The average molecular weight is 495 g/mol. The Bertz CT molecular complexity index is 1230. The van der Waals surface area contributed by atoms with E-state index in [-0.39, 0.29) is 12.2 Å². The van der Waals surface area contributed by atoms with E-state index in [4.69, 9.17) is 26.1 Å². The van der Waals surface area contributed by atoms with E-state index in [1.807, 2.05) is 25.3 Å². The summed E-state index contributed by atoms with van der Waals surface area (Å²) in [5.74, 6) is 1.55. The van der Waals surface area contributed by atoms with Gasteiger partial charge in [0.05, 0.1) is 17.7 Å². The molecule has 1 aliphatic carbocycles. The molecule has 0 saturated carbocycles. The first-order chi connectivity index (χ1) is 17.0. The van der Waals surface area contributed by atoms with Crippen LogP contribution in [-0.2, 0) is 9.47 Å². The third-order valence-electron chi connectivity index (χ3n) is 6.71. The minimum atomic E-state index is 0.0221. The molecule has 35 heavy (non-hydrogen) atoms. The Kier molecular flexibility index (Phi) is 7.04. The maximum Gasteiger partial charge on any atom is 0.229 e. The Morgan fingerprint density at radius 3 is 2.57 bits per heavy atom. The first-order valence-corrected chi connectivity index (χ1v) is 12.3. The zero-order valence-corrected chi connectivity index (χ0v) is 21.1. The van der Waals surface area contributed by atoms with Crippen LogP contribution >= 0.6 is 11.6 Å². The molecular weight excluding hydrogens is 464 g/mol. The number of fused-ring (bicyclic) bond motifs is 1. The highest BCUT2D eigenvalue weighted by molar-refractivity contribution is 6.31. The molecule has 1 fully saturated rings. The molecule has 8 nitrogen and oxygen atoms in total. The van der Waals surface area contributed by atoms with Crippen molar-refractivity contribution in [1.82, 2.24) is 15.0 Å². The Balaban J connectivity index is 1.30. The van der Waals surface area contributed by atoms with Crippen molar-refractivity contribution in [3.8, 4) is 0 Å². The highest BCUT2D eigenvalue weighted by Crippen LogP contribution is 2.29. The molecule has 2 aliphatic rings. The van der Waals surface area contributed by atoms with Crippen molar-refractivity contribution in [3.05, 3.63) is 59.0 Å². The van der Waals surface area contributed by atoms with Crippen molar-refractivity contribution in [2.75, 3.05) is 55.5 Å². The number of anilines is 3. The third-order valence-corrected chi connectivity index (χ3v) is 6.94. The Hall–Kier alpha value is -2.94. The predicted octanol–water partition coefficient (Wildman–Crippen LogP) is 4.43. The van der Waals surface area contributed by atoms with Crippen LogP contribution in [0.2, 0.25) is 5.02 Å². The summed E-state index contributed by atoms with van der Waals surface area (Å²) in [5, 5.41) is 5.24. The molecule has 1 aliphatic heterocycles. The highest BCUT2D eigenvalue weighted by atomic mass is 35.5. The van der Waals surface area contributed by atoms with Crippen LogP contribution in [0.1, 0.15) is 18.5 Å². The number of pyridine rings is 1. The van der Waals surface area contributed by atoms with Gasteiger partial charge in [-0.15, -0.1) is 0 Å². The van der Waals surface area contributed by atoms with Gasteiger partial charge in [-0.3, -0.25) is 4.98 Å². The minimum Gasteiger partial charge on any atom is -0.381 e. The molecule has 0 spiro atoms. The summed E-state index contributed by atoms with van der Waals surface area (Å²) in [7, 11) is 3.47. The number of nitrogens with one attached hydrogen (secondary N) is 1. The van der Waals surface area contributed by atoms with Gasteiger partial charge in [-0.2, -0.15) is 4.98 Å². The number of aryl methyl sites for hydroxylation is 1. The van der Waals surface area contributed by atoms with Gasteiger partial charge in [0.15, 0.2) is 0 Å². The number of hydrogen-bond acceptors (Lipinski definition) is 8. The smallest absolute Gasteiger partial charge is 0.229 e. The normalized spacial score (nSPS) is 20.7. The van der Waals surface area contributed by atoms with E-state index in [9.17, 15) is 0 Å². The average Bonchev–Trinajstić information content (AvgIpc) is 2.87. The molecule has 0 amide bonds. The highest BCUT2D eigenvalue weighted by Gasteiger charge is 2.24. The summed E-state index contributed by atoms with van der Waals surface area (Å²) in [6, 6.07) is 10.0. The van der Waals surface area contributed by atoms with Crippen molar-refractivity contribution >= 4 is 40.0 Å². The number of halogens is 1. The van der Waals surface area contributed by atoms with Crippen LogP contribution in [0.25, 0.3) is 10.9 Å². The molecule has 9 heteroatoms. The molecule has 3 aromatic rings. The molecule has 3 heterocycles. The standard InChI is InChI=1S/C26H31ClN6O2/c1-17-12-25(31-26(29-17)30-19-14-20(34-2)16-21(15-19)35-3)33-10-8-32(9-11-33)24-6-7-28-23-13-18(27)4-5-22(23)24/h4-7,12-14,20-21H,8-11,15-16H2,1-3H3,(H,29,30,31). The zero-order valence-electron chi connectivity index (χ0n) is 20.4. The van der Waals surface area contributed by atoms with E-state index in [0.29, 0.717) is 11.0 Å². The van der Waals surface area contributed by atoms with Crippen molar-refractivity contribution < 1.29 is 9.47 Å². The van der Waals surface area contributed by atoms with E-state index < -0.39 is 0 Å². The SMILES string of the molecule is COC1C=C(Nc2nc(C)cc(N3CCN(c4ccnc5cc(Cl)ccc45)CC3)n2)CC(OC)C1. The van der Waals surface area contributed by atoms with Crippen LogP contribution < -0.4 is 15.1 Å². The fourth-order valence-electron chi connectivity index (χ4n) is 4.86. The number of rotatable bonds is 6. The fourth-order valence-corrected chi connectivity index (χ4v) is 5.02. The summed E-state index contributed by atoms with van der Waals surface area (Å²) in [5.41, 5.74) is 4.07. The van der Waals surface area contributed by atoms with Crippen molar-refractivity contribution in [2.24, 2.45) is 0 Å². The second-order valence-electron chi connectivity index (χ2n) is 9.05. The Morgan fingerprint density at radius 1 is 1.00 bits per heavy atom. The summed E-state index contributed by atoms with van der Waals surface area (Å²) in [6.45, 7) is 5.53. The van der Waals surface area contributed by atoms with Crippen LogP contribution in [0, 0.1) is 6.92 Å². The van der Waals surface area contributed by atoms with Gasteiger partial charge in [-0.1, -0.05) is 11.6 Å². The molecule has 184 valence electrons. The first-order valence-electron chi connectivity index (χ1n) is 12.0. The maximum atomic E-state index is 6.17. The summed E-state index contributed by atoms with van der Waals surface area (Å²) in [6.07, 6.45) is 5.73. The maximum absolute atomic E-state index is 6.17. The third kappa shape index (κ3) is 5.34. The van der Waals surface area contributed by atoms with E-state index in [0.717, 1.165) is 67.1 Å². The van der Waals surface area contributed by atoms with Crippen molar-refractivity contribution in [2.45, 2.75) is 32.0 Å². The number of hydrogen-bond donors (Lipinski definition) is 1. The number of benzene rings is 1. The number of aromatic nitrogens is 3. The number of nitrogens with zero attached hydrogens (tertiary/aromatic N) is 5. The van der Waals surface area contributed by atoms with Crippen LogP contribution in [0.15, 0.2) is 48.3 Å². The molecule has 2 aromatic heterocycles. The number of piperazine rings is 1. The fraction of sp³-hybridized carbons (Fsp3) is 0.423. The predicted molar refractivity (Wildman–Crippen MR) is 140 cm³/mol. The van der Waals surface area contributed by atoms with Gasteiger partial charge >= 0.3 is 0 Å². The number of methoxy groups -OCH3 is 2. The van der Waals surface area contributed by atoms with Crippen LogP contribution in [-0.4, -0.2) is 67.6 Å². The zero-order chi connectivity index (χ0) is 24.4. The monoisotopic (exact) mass is 494 g/mol. The molecule has 2 atom stereocenters. The summed E-state index contributed by atoms with van der Waals surface area (Å²) < 4.78 is 11.1. The van der Waals surface area contributed by atoms with Crippen LogP contribution in [0.5, 0.6) is 0 Å². The van der Waals surface area contributed by atoms with E-state index >= 15 is 0 Å². The van der Waals surface area contributed by atoms with E-state index in [1.54, 1.807) is 14.2 Å². The van der Waals surface area contributed by atoms with E-state index in [2.05, 4.69) is 49.4 Å². The largest absolute Gasteiger partial charge is 0.381 e. The lowest BCUT2D eigenvalue weighted by Crippen LogP contribution is -2.47. The lowest BCUT2D eigenvalue weighted by atomic mass is 9.99. The second-order valence-corrected chi connectivity index (χ2v) is 9.48. The summed E-state index contributed by atoms with van der Waals surface area (Å²) in [4.78, 5) is 18.7. The lowest BCUT2D eigenvalue weighted by molar-refractivity contribution is 0.0343. The van der Waals surface area contributed by atoms with Crippen LogP contribution in [0.3, 0.4) is 0 Å². The molecule has 0 radical (unpaired) electrons. The van der Waals surface area contributed by atoms with E-state index in [1.165, 1.54) is 5.69 Å². The van der Waals surface area contributed by atoms with Gasteiger partial charge in [0.1, 0.15) is 5.82 Å². The molecular formula is C26H31ClN6O2. The molecule has 1 aromatic carbocycles. The van der Waals surface area contributed by atoms with Gasteiger partial charge in [-0.05, 0) is 37.3 Å². The number of ether oxygens (including phenoxy) is 2. The van der Waals surface area contributed by atoms with Crippen LogP contribution in [0.4, 0.5) is 17.5 Å². The Morgan fingerprint density at radius 2 is 1.80 bits per heavy atom. The quantitative estimate of drug-likeness (QED) is 0.539. The van der Waals surface area contributed by atoms with Crippen molar-refractivity contribution in [3.63, 3.8) is 0 Å². The first kappa shape index (κ1) is 23.8. The molecule has 1 N–H and O–H groups in total. The lowest BCUT2D eigenvalue weighted by Gasteiger charge is -2.37. The van der Waals surface area contributed by atoms with Gasteiger partial charge in [0.25, 0.3) is 0 Å². The minimum absolute atomic E-state index is 0.0221. The molecule has 5 rings (SSSR count). The molecule has 1 saturated heterocycles. The Labute approximate surface area is 210 Å². The van der Waals surface area contributed by atoms with Gasteiger partial charge in [0.2, 0.25) is 5.95 Å². The summed E-state index contributed by atoms with van der Waals surface area (Å²) >= 11 is 6.17. The van der Waals surface area contributed by atoms with Gasteiger partial charge < -0.3 is 24.6 Å². The second kappa shape index (κ2) is 10.4. The van der Waals surface area contributed by atoms with Gasteiger partial charge in [-0.25, -0.2) is 4.98 Å². The molecule has 2 unspecified atom stereocenters. The molecule has 0 bridgehead atoms. The van der Waals surface area contributed by atoms with Crippen molar-refractivity contribution in [1.29, 1.82) is 0 Å².